The van der Waals surface area contributed by atoms with Gasteiger partial charge in [0.1, 0.15) is 5.82 Å². The highest BCUT2D eigenvalue weighted by Crippen LogP contribution is 2.29. The third-order valence-corrected chi connectivity index (χ3v) is 3.44. The number of hydrogen-bond acceptors (Lipinski definition) is 3. The molecule has 3 rings (SSSR count). The van der Waals surface area contributed by atoms with Gasteiger partial charge in [-0.05, 0) is 24.1 Å². The largest absolute Gasteiger partial charge is 0.373 e. The highest BCUT2D eigenvalue weighted by molar-refractivity contribution is 5.86. The van der Waals surface area contributed by atoms with Crippen LogP contribution in [0.4, 0.5) is 4.39 Å². The smallest absolute Gasteiger partial charge is 0.256 e. The molecular formula is C14H15FN2O2. The summed E-state index contributed by atoms with van der Waals surface area (Å²) in [6, 6.07) is 4.38. The van der Waals surface area contributed by atoms with Gasteiger partial charge in [0.15, 0.2) is 0 Å². The molecular weight excluding hydrogens is 247 g/mol. The van der Waals surface area contributed by atoms with Crippen LogP contribution in [-0.2, 0) is 11.3 Å². The number of fused-ring (bicyclic) bond motifs is 3. The molecule has 2 heterocycles. The second-order valence-corrected chi connectivity index (χ2v) is 4.66. The number of aromatic nitrogens is 1. The zero-order chi connectivity index (χ0) is 13.4. The molecule has 4 nitrogen and oxygen atoms in total. The van der Waals surface area contributed by atoms with Gasteiger partial charge in [-0.3, -0.25) is 4.79 Å². The van der Waals surface area contributed by atoms with Crippen LogP contribution in [0.1, 0.15) is 24.2 Å². The van der Waals surface area contributed by atoms with Crippen molar-refractivity contribution in [2.75, 3.05) is 13.2 Å². The second-order valence-electron chi connectivity index (χ2n) is 4.66. The van der Waals surface area contributed by atoms with E-state index < -0.39 is 5.82 Å². The van der Waals surface area contributed by atoms with Crippen molar-refractivity contribution in [1.29, 1.82) is 0 Å². The normalized spacial score (nSPS) is 18.5. The standard InChI is InChI=1S/C14H15FN2O2/c1-2-16-11-6-19-7-12-13(11)9-4-3-8(15)5-10(9)14(18)17-12/h3-5,11,16H,2,6-7H2,1H3,(H,17,18). The molecule has 0 aliphatic carbocycles. The van der Waals surface area contributed by atoms with Gasteiger partial charge >= 0.3 is 0 Å². The fourth-order valence-corrected chi connectivity index (χ4v) is 2.65. The third-order valence-electron chi connectivity index (χ3n) is 3.44. The predicted molar refractivity (Wildman–Crippen MR) is 70.6 cm³/mol. The predicted octanol–water partition coefficient (Wildman–Crippen LogP) is 1.85. The summed E-state index contributed by atoms with van der Waals surface area (Å²) in [5, 5.41) is 4.52. The number of nitrogens with one attached hydrogen (secondary N) is 2. The summed E-state index contributed by atoms with van der Waals surface area (Å²) < 4.78 is 18.8. The Kier molecular flexibility index (Phi) is 3.08. The van der Waals surface area contributed by atoms with Crippen molar-refractivity contribution in [2.24, 2.45) is 0 Å². The first-order chi connectivity index (χ1) is 9.20. The van der Waals surface area contributed by atoms with E-state index in [2.05, 4.69) is 10.3 Å². The van der Waals surface area contributed by atoms with E-state index in [1.807, 2.05) is 6.92 Å². The van der Waals surface area contributed by atoms with Gasteiger partial charge < -0.3 is 15.0 Å². The number of halogens is 1. The molecule has 0 saturated carbocycles. The molecule has 1 unspecified atom stereocenters. The number of aromatic amines is 1. The van der Waals surface area contributed by atoms with Crippen molar-refractivity contribution in [3.8, 4) is 0 Å². The fourth-order valence-electron chi connectivity index (χ4n) is 2.65. The van der Waals surface area contributed by atoms with E-state index >= 15 is 0 Å². The molecule has 0 amide bonds. The van der Waals surface area contributed by atoms with Gasteiger partial charge in [-0.2, -0.15) is 0 Å². The zero-order valence-corrected chi connectivity index (χ0v) is 10.6. The number of H-pyrrole nitrogens is 1. The van der Waals surface area contributed by atoms with Crippen molar-refractivity contribution < 1.29 is 9.13 Å². The van der Waals surface area contributed by atoms with Gasteiger partial charge in [0.25, 0.3) is 5.56 Å². The lowest BCUT2D eigenvalue weighted by molar-refractivity contribution is 0.0802. The minimum Gasteiger partial charge on any atom is -0.373 e. The molecule has 0 spiro atoms. The minimum absolute atomic E-state index is 0.0264. The van der Waals surface area contributed by atoms with Crippen LogP contribution in [0.5, 0.6) is 0 Å². The average Bonchev–Trinajstić information content (AvgIpc) is 2.39. The number of likely N-dealkylation sites (N-methyl/N-ethyl adjacent to an activating group) is 1. The van der Waals surface area contributed by atoms with Crippen molar-refractivity contribution in [2.45, 2.75) is 19.6 Å². The average molecular weight is 262 g/mol. The Morgan fingerprint density at radius 3 is 3.11 bits per heavy atom. The number of ether oxygens (including phenoxy) is 1. The molecule has 0 fully saturated rings. The molecule has 1 aromatic heterocycles. The Balaban J connectivity index is 2.30. The Bertz CT molecular complexity index is 681. The summed E-state index contributed by atoms with van der Waals surface area (Å²) in [6.45, 7) is 3.76. The highest BCUT2D eigenvalue weighted by atomic mass is 19.1. The van der Waals surface area contributed by atoms with Gasteiger partial charge in [0.2, 0.25) is 0 Å². The molecule has 0 radical (unpaired) electrons. The molecule has 100 valence electrons. The summed E-state index contributed by atoms with van der Waals surface area (Å²) in [4.78, 5) is 14.8. The number of hydrogen-bond donors (Lipinski definition) is 2. The lowest BCUT2D eigenvalue weighted by Crippen LogP contribution is -2.32. The van der Waals surface area contributed by atoms with Crippen LogP contribution in [-0.4, -0.2) is 18.1 Å². The molecule has 1 aliphatic rings. The summed E-state index contributed by atoms with van der Waals surface area (Å²) in [7, 11) is 0. The molecule has 1 aromatic carbocycles. The third kappa shape index (κ3) is 2.05. The minimum atomic E-state index is -0.398. The van der Waals surface area contributed by atoms with E-state index in [-0.39, 0.29) is 11.6 Å². The monoisotopic (exact) mass is 262 g/mol. The first-order valence-corrected chi connectivity index (χ1v) is 6.36. The Morgan fingerprint density at radius 2 is 2.32 bits per heavy atom. The van der Waals surface area contributed by atoms with Gasteiger partial charge in [0, 0.05) is 11.3 Å². The Labute approximate surface area is 109 Å². The van der Waals surface area contributed by atoms with Crippen LogP contribution < -0.4 is 10.9 Å². The first-order valence-electron chi connectivity index (χ1n) is 6.36. The lowest BCUT2D eigenvalue weighted by Gasteiger charge is -2.27. The van der Waals surface area contributed by atoms with Crippen LogP contribution in [0, 0.1) is 5.82 Å². The maximum atomic E-state index is 13.3. The summed E-state index contributed by atoms with van der Waals surface area (Å²) in [5.74, 6) is -0.398. The number of benzene rings is 1. The molecule has 5 heteroatoms. The molecule has 1 atom stereocenters. The van der Waals surface area contributed by atoms with Crippen LogP contribution in [0.3, 0.4) is 0 Å². The van der Waals surface area contributed by atoms with Crippen LogP contribution in [0.25, 0.3) is 10.8 Å². The van der Waals surface area contributed by atoms with E-state index in [0.29, 0.717) is 18.6 Å². The fraction of sp³-hybridized carbons (Fsp3) is 0.357. The van der Waals surface area contributed by atoms with Gasteiger partial charge in [-0.1, -0.05) is 13.0 Å². The zero-order valence-electron chi connectivity index (χ0n) is 10.6. The molecule has 0 bridgehead atoms. The Hall–Kier alpha value is -1.72. The maximum absolute atomic E-state index is 13.3. The topological polar surface area (TPSA) is 54.1 Å². The van der Waals surface area contributed by atoms with E-state index in [9.17, 15) is 9.18 Å². The van der Waals surface area contributed by atoms with E-state index in [1.54, 1.807) is 6.07 Å². The van der Waals surface area contributed by atoms with E-state index in [1.165, 1.54) is 12.1 Å². The van der Waals surface area contributed by atoms with Gasteiger partial charge in [-0.25, -0.2) is 4.39 Å². The molecule has 2 N–H and O–H groups in total. The second kappa shape index (κ2) is 4.75. The maximum Gasteiger partial charge on any atom is 0.256 e. The van der Waals surface area contributed by atoms with Crippen LogP contribution in [0.15, 0.2) is 23.0 Å². The molecule has 1 aliphatic heterocycles. The summed E-state index contributed by atoms with van der Waals surface area (Å²) in [5.41, 5.74) is 1.53. The summed E-state index contributed by atoms with van der Waals surface area (Å²) in [6.07, 6.45) is 0. The van der Waals surface area contributed by atoms with Crippen molar-refractivity contribution in [3.63, 3.8) is 0 Å². The molecule has 2 aromatic rings. The van der Waals surface area contributed by atoms with Crippen molar-refractivity contribution in [1.82, 2.24) is 10.3 Å². The molecule has 0 saturated heterocycles. The quantitative estimate of drug-likeness (QED) is 0.868. The number of rotatable bonds is 2. The van der Waals surface area contributed by atoms with E-state index in [4.69, 9.17) is 4.74 Å². The Morgan fingerprint density at radius 1 is 1.47 bits per heavy atom. The number of pyridine rings is 1. The van der Waals surface area contributed by atoms with Crippen molar-refractivity contribution in [3.05, 3.63) is 45.6 Å². The van der Waals surface area contributed by atoms with Gasteiger partial charge in [0.05, 0.1) is 24.6 Å². The van der Waals surface area contributed by atoms with Crippen molar-refractivity contribution >= 4 is 10.8 Å². The highest BCUT2D eigenvalue weighted by Gasteiger charge is 2.24. The van der Waals surface area contributed by atoms with Crippen LogP contribution >= 0.6 is 0 Å². The first kappa shape index (κ1) is 12.3. The lowest BCUT2D eigenvalue weighted by atomic mass is 9.96. The van der Waals surface area contributed by atoms with Gasteiger partial charge in [-0.15, -0.1) is 0 Å². The van der Waals surface area contributed by atoms with Crippen LogP contribution in [0.2, 0.25) is 0 Å². The summed E-state index contributed by atoms with van der Waals surface area (Å²) >= 11 is 0. The molecule has 19 heavy (non-hydrogen) atoms. The van der Waals surface area contributed by atoms with E-state index in [0.717, 1.165) is 23.2 Å². The SMILES string of the molecule is CCNC1COCc2[nH]c(=O)c3cc(F)ccc3c21.